The topological polar surface area (TPSA) is 26.3 Å². The largest absolute Gasteiger partial charge is 0.461 e. The smallest absolute Gasteiger partial charge is 0.309 e. The minimum absolute atomic E-state index is 0.210. The van der Waals surface area contributed by atoms with E-state index in [-0.39, 0.29) is 5.97 Å². The summed E-state index contributed by atoms with van der Waals surface area (Å²) in [7, 11) is 0. The Balaban J connectivity index is 3.34. The van der Waals surface area contributed by atoms with E-state index in [2.05, 4.69) is 11.3 Å². The molecular formula is C8H12O2. The first-order valence-corrected chi connectivity index (χ1v) is 3.19. The molecule has 0 aliphatic rings. The zero-order valence-corrected chi connectivity index (χ0v) is 6.17. The van der Waals surface area contributed by atoms with E-state index < -0.39 is 0 Å². The van der Waals surface area contributed by atoms with E-state index >= 15 is 0 Å². The van der Waals surface area contributed by atoms with E-state index in [0.717, 1.165) is 0 Å². The fourth-order valence-corrected chi connectivity index (χ4v) is 0.425. The van der Waals surface area contributed by atoms with Crippen LogP contribution in [-0.2, 0) is 9.53 Å². The fourth-order valence-electron chi connectivity index (χ4n) is 0.425. The molecule has 2 nitrogen and oxygen atoms in total. The lowest BCUT2D eigenvalue weighted by Gasteiger charge is -1.96. The molecule has 0 heterocycles. The van der Waals surface area contributed by atoms with Crippen molar-refractivity contribution in [2.75, 3.05) is 6.61 Å². The van der Waals surface area contributed by atoms with E-state index in [1.165, 1.54) is 0 Å². The van der Waals surface area contributed by atoms with E-state index in [1.807, 2.05) is 13.0 Å². The monoisotopic (exact) mass is 140 g/mol. The molecule has 0 spiro atoms. The van der Waals surface area contributed by atoms with Crippen LogP contribution in [0.4, 0.5) is 0 Å². The van der Waals surface area contributed by atoms with Crippen molar-refractivity contribution in [2.24, 2.45) is 0 Å². The predicted octanol–water partition coefficient (Wildman–Crippen LogP) is 1.68. The molecule has 0 rings (SSSR count). The molecular weight excluding hydrogens is 128 g/mol. The maximum atomic E-state index is 10.6. The second-order valence-electron chi connectivity index (χ2n) is 1.74. The third kappa shape index (κ3) is 5.09. The average Bonchev–Trinajstić information content (AvgIpc) is 1.97. The standard InChI is InChI=1S/C8H12O2/c1-3-5-6-8(9)10-7-4-2/h3-5H,2,6-7H2,1H3. The molecule has 56 valence electrons. The Morgan fingerprint density at radius 3 is 2.90 bits per heavy atom. The van der Waals surface area contributed by atoms with Gasteiger partial charge < -0.3 is 4.74 Å². The molecule has 0 bridgehead atoms. The van der Waals surface area contributed by atoms with Crippen LogP contribution in [0.1, 0.15) is 13.3 Å². The highest BCUT2D eigenvalue weighted by Crippen LogP contribution is 1.87. The molecule has 2 heteroatoms. The Bertz CT molecular complexity index is 136. The first-order valence-electron chi connectivity index (χ1n) is 3.19. The zero-order valence-electron chi connectivity index (χ0n) is 6.17. The molecule has 0 atom stereocenters. The van der Waals surface area contributed by atoms with Gasteiger partial charge in [-0.2, -0.15) is 0 Å². The lowest BCUT2D eigenvalue weighted by atomic mass is 10.4. The summed E-state index contributed by atoms with van der Waals surface area (Å²) >= 11 is 0. The van der Waals surface area contributed by atoms with Crippen molar-refractivity contribution in [1.82, 2.24) is 0 Å². The van der Waals surface area contributed by atoms with Crippen LogP contribution in [0.15, 0.2) is 24.8 Å². The molecule has 0 unspecified atom stereocenters. The first-order chi connectivity index (χ1) is 4.81. The van der Waals surface area contributed by atoms with Gasteiger partial charge in [0.1, 0.15) is 6.61 Å². The summed E-state index contributed by atoms with van der Waals surface area (Å²) in [6.45, 7) is 5.58. The Morgan fingerprint density at radius 1 is 1.70 bits per heavy atom. The summed E-state index contributed by atoms with van der Waals surface area (Å²) in [5.74, 6) is -0.210. The summed E-state index contributed by atoms with van der Waals surface area (Å²) in [4.78, 5) is 10.6. The molecule has 0 aromatic carbocycles. The molecule has 0 N–H and O–H groups in total. The van der Waals surface area contributed by atoms with Gasteiger partial charge in [-0.3, -0.25) is 4.79 Å². The van der Waals surface area contributed by atoms with Crippen LogP contribution in [0.25, 0.3) is 0 Å². The lowest BCUT2D eigenvalue weighted by molar-refractivity contribution is -0.141. The summed E-state index contributed by atoms with van der Waals surface area (Å²) in [5.41, 5.74) is 0. The van der Waals surface area contributed by atoms with Crippen molar-refractivity contribution in [2.45, 2.75) is 13.3 Å². The fraction of sp³-hybridized carbons (Fsp3) is 0.375. The van der Waals surface area contributed by atoms with Gasteiger partial charge in [0.25, 0.3) is 0 Å². The normalized spacial score (nSPS) is 9.70. The van der Waals surface area contributed by atoms with E-state index in [1.54, 1.807) is 12.2 Å². The Labute approximate surface area is 61.2 Å². The van der Waals surface area contributed by atoms with Crippen LogP contribution in [-0.4, -0.2) is 12.6 Å². The minimum Gasteiger partial charge on any atom is -0.461 e. The minimum atomic E-state index is -0.210. The molecule has 0 radical (unpaired) electrons. The number of rotatable bonds is 4. The van der Waals surface area contributed by atoms with E-state index in [9.17, 15) is 4.79 Å². The molecule has 0 saturated carbocycles. The van der Waals surface area contributed by atoms with Crippen molar-refractivity contribution in [1.29, 1.82) is 0 Å². The van der Waals surface area contributed by atoms with Crippen molar-refractivity contribution < 1.29 is 9.53 Å². The molecule has 10 heavy (non-hydrogen) atoms. The molecule has 0 amide bonds. The van der Waals surface area contributed by atoms with Crippen LogP contribution in [0.2, 0.25) is 0 Å². The molecule has 0 aliphatic carbocycles. The van der Waals surface area contributed by atoms with Gasteiger partial charge in [-0.1, -0.05) is 24.8 Å². The van der Waals surface area contributed by atoms with E-state index in [0.29, 0.717) is 13.0 Å². The van der Waals surface area contributed by atoms with Gasteiger partial charge in [0.05, 0.1) is 6.42 Å². The number of carbonyl (C=O) groups is 1. The Kier molecular flexibility index (Phi) is 5.44. The third-order valence-corrected chi connectivity index (χ3v) is 0.882. The van der Waals surface area contributed by atoms with E-state index in [4.69, 9.17) is 0 Å². The number of hydrogen-bond donors (Lipinski definition) is 0. The first kappa shape index (κ1) is 8.95. The van der Waals surface area contributed by atoms with Gasteiger partial charge in [-0.25, -0.2) is 0 Å². The number of esters is 1. The average molecular weight is 140 g/mol. The lowest BCUT2D eigenvalue weighted by Crippen LogP contribution is -2.01. The van der Waals surface area contributed by atoms with Crippen molar-refractivity contribution in [3.8, 4) is 0 Å². The van der Waals surface area contributed by atoms with Crippen molar-refractivity contribution in [3.05, 3.63) is 24.8 Å². The van der Waals surface area contributed by atoms with Gasteiger partial charge in [-0.05, 0) is 6.92 Å². The highest BCUT2D eigenvalue weighted by molar-refractivity contribution is 5.71. The number of allylic oxidation sites excluding steroid dienone is 1. The number of carbonyl (C=O) groups excluding carboxylic acids is 1. The van der Waals surface area contributed by atoms with Gasteiger partial charge in [0, 0.05) is 0 Å². The SMILES string of the molecule is C=CCOC(=O)CC=CC. The zero-order chi connectivity index (χ0) is 7.82. The molecule has 0 aromatic rings. The molecule has 0 aliphatic heterocycles. The van der Waals surface area contributed by atoms with Crippen LogP contribution >= 0.6 is 0 Å². The summed E-state index contributed by atoms with van der Waals surface area (Å²) in [6.07, 6.45) is 5.47. The Hall–Kier alpha value is -1.05. The number of hydrogen-bond acceptors (Lipinski definition) is 2. The molecule has 0 fully saturated rings. The maximum Gasteiger partial charge on any atom is 0.309 e. The second-order valence-corrected chi connectivity index (χ2v) is 1.74. The predicted molar refractivity (Wildman–Crippen MR) is 40.6 cm³/mol. The summed E-state index contributed by atoms with van der Waals surface area (Å²) in [6, 6.07) is 0. The highest BCUT2D eigenvalue weighted by atomic mass is 16.5. The van der Waals surface area contributed by atoms with Gasteiger partial charge in [0.2, 0.25) is 0 Å². The second kappa shape index (κ2) is 6.08. The number of ether oxygens (including phenoxy) is 1. The highest BCUT2D eigenvalue weighted by Gasteiger charge is 1.94. The molecule has 0 saturated heterocycles. The summed E-state index contributed by atoms with van der Waals surface area (Å²) in [5, 5.41) is 0. The quantitative estimate of drug-likeness (QED) is 0.438. The van der Waals surface area contributed by atoms with Crippen LogP contribution in [0.3, 0.4) is 0 Å². The maximum absolute atomic E-state index is 10.6. The third-order valence-electron chi connectivity index (χ3n) is 0.882. The van der Waals surface area contributed by atoms with Crippen LogP contribution < -0.4 is 0 Å². The van der Waals surface area contributed by atoms with Gasteiger partial charge in [-0.15, -0.1) is 0 Å². The van der Waals surface area contributed by atoms with Crippen LogP contribution in [0.5, 0.6) is 0 Å². The van der Waals surface area contributed by atoms with Crippen molar-refractivity contribution in [3.63, 3.8) is 0 Å². The van der Waals surface area contributed by atoms with Gasteiger partial charge >= 0.3 is 5.97 Å². The molecule has 0 aromatic heterocycles. The summed E-state index contributed by atoms with van der Waals surface area (Å²) < 4.78 is 4.69. The van der Waals surface area contributed by atoms with Gasteiger partial charge in [0.15, 0.2) is 0 Å². The Morgan fingerprint density at radius 2 is 2.40 bits per heavy atom. The van der Waals surface area contributed by atoms with Crippen molar-refractivity contribution >= 4 is 5.97 Å². The van der Waals surface area contributed by atoms with Crippen LogP contribution in [0, 0.1) is 0 Å².